The van der Waals surface area contributed by atoms with Crippen LogP contribution in [-0.2, 0) is 4.74 Å². The van der Waals surface area contributed by atoms with Gasteiger partial charge in [0, 0.05) is 11.9 Å². The minimum Gasteiger partial charge on any atom is -0.397 e. The maximum Gasteiger partial charge on any atom is 0.0672 e. The van der Waals surface area contributed by atoms with Crippen LogP contribution in [-0.4, -0.2) is 36.0 Å². The first-order valence-corrected chi connectivity index (χ1v) is 6.36. The lowest BCUT2D eigenvalue weighted by molar-refractivity contribution is 0.0931. The van der Waals surface area contributed by atoms with Gasteiger partial charge in [0.25, 0.3) is 0 Å². The molecule has 1 fully saturated rings. The molecule has 5 heteroatoms. The van der Waals surface area contributed by atoms with E-state index in [-0.39, 0.29) is 0 Å². The number of nitrogens with one attached hydrogen (secondary N) is 1. The summed E-state index contributed by atoms with van der Waals surface area (Å²) in [5, 5.41) is 8.09. The summed E-state index contributed by atoms with van der Waals surface area (Å²) in [4.78, 5) is 2.35. The number of nitrogen functional groups attached to an aromatic ring is 1. The molecular formula is C13H18N4O. The standard InChI is InChI=1S/C13H18N4O/c1-2-10-8-18-4-3-17(10)13-6-12-9(5-11(13)14)7-15-16-12/h5-7,10H,2-4,8,14H2,1H3,(H,15,16). The van der Waals surface area contributed by atoms with E-state index in [0.717, 1.165) is 48.5 Å². The van der Waals surface area contributed by atoms with Crippen molar-refractivity contribution in [2.75, 3.05) is 30.4 Å². The molecule has 0 saturated carbocycles. The Hall–Kier alpha value is -1.75. The average molecular weight is 246 g/mol. The summed E-state index contributed by atoms with van der Waals surface area (Å²) >= 11 is 0. The van der Waals surface area contributed by atoms with Gasteiger partial charge in [0.15, 0.2) is 0 Å². The molecule has 3 N–H and O–H groups in total. The second-order valence-corrected chi connectivity index (χ2v) is 4.70. The highest BCUT2D eigenvalue weighted by molar-refractivity contribution is 5.89. The Labute approximate surface area is 106 Å². The highest BCUT2D eigenvalue weighted by Gasteiger charge is 2.23. The van der Waals surface area contributed by atoms with Gasteiger partial charge >= 0.3 is 0 Å². The third-order valence-electron chi connectivity index (χ3n) is 3.60. The van der Waals surface area contributed by atoms with E-state index >= 15 is 0 Å². The molecule has 0 aliphatic carbocycles. The van der Waals surface area contributed by atoms with Gasteiger partial charge in [0.05, 0.1) is 42.3 Å². The van der Waals surface area contributed by atoms with Gasteiger partial charge in [-0.2, -0.15) is 5.10 Å². The molecule has 0 amide bonds. The highest BCUT2D eigenvalue weighted by Crippen LogP contribution is 2.31. The number of aromatic amines is 1. The number of hydrogen-bond acceptors (Lipinski definition) is 4. The normalized spacial score (nSPS) is 20.5. The third kappa shape index (κ3) is 1.80. The maximum atomic E-state index is 6.17. The maximum absolute atomic E-state index is 6.17. The van der Waals surface area contributed by atoms with Crippen LogP contribution in [0.15, 0.2) is 18.3 Å². The zero-order valence-corrected chi connectivity index (χ0v) is 10.5. The fourth-order valence-electron chi connectivity index (χ4n) is 2.56. The topological polar surface area (TPSA) is 67.2 Å². The number of H-pyrrole nitrogens is 1. The first-order chi connectivity index (χ1) is 8.79. The first-order valence-electron chi connectivity index (χ1n) is 6.36. The van der Waals surface area contributed by atoms with Gasteiger partial charge in [-0.15, -0.1) is 0 Å². The van der Waals surface area contributed by atoms with E-state index in [1.807, 2.05) is 6.07 Å². The molecule has 1 unspecified atom stereocenters. The molecule has 1 aliphatic rings. The fourth-order valence-corrected chi connectivity index (χ4v) is 2.56. The summed E-state index contributed by atoms with van der Waals surface area (Å²) < 4.78 is 5.53. The van der Waals surface area contributed by atoms with Crippen LogP contribution in [0, 0.1) is 0 Å². The molecule has 2 aromatic rings. The smallest absolute Gasteiger partial charge is 0.0672 e. The second-order valence-electron chi connectivity index (χ2n) is 4.70. The van der Waals surface area contributed by atoms with E-state index in [2.05, 4.69) is 28.1 Å². The lowest BCUT2D eigenvalue weighted by Gasteiger charge is -2.37. The molecule has 1 aliphatic heterocycles. The van der Waals surface area contributed by atoms with Crippen molar-refractivity contribution in [1.82, 2.24) is 10.2 Å². The number of benzene rings is 1. The van der Waals surface area contributed by atoms with Crippen LogP contribution in [0.4, 0.5) is 11.4 Å². The highest BCUT2D eigenvalue weighted by atomic mass is 16.5. The fraction of sp³-hybridized carbons (Fsp3) is 0.462. The number of hydrogen-bond donors (Lipinski definition) is 2. The molecule has 0 bridgehead atoms. The van der Waals surface area contributed by atoms with Crippen LogP contribution >= 0.6 is 0 Å². The number of anilines is 2. The molecule has 3 rings (SSSR count). The number of nitrogens with two attached hydrogens (primary N) is 1. The van der Waals surface area contributed by atoms with Gasteiger partial charge in [0.2, 0.25) is 0 Å². The van der Waals surface area contributed by atoms with E-state index in [0.29, 0.717) is 6.04 Å². The summed E-state index contributed by atoms with van der Waals surface area (Å²) in [6, 6.07) is 4.48. The third-order valence-corrected chi connectivity index (χ3v) is 3.60. The molecule has 96 valence electrons. The minimum absolute atomic E-state index is 0.404. The van der Waals surface area contributed by atoms with Gasteiger partial charge in [-0.3, -0.25) is 5.10 Å². The Balaban J connectivity index is 2.03. The Morgan fingerprint density at radius 1 is 1.56 bits per heavy atom. The second kappa shape index (κ2) is 4.49. The van der Waals surface area contributed by atoms with Crippen molar-refractivity contribution >= 4 is 22.3 Å². The monoisotopic (exact) mass is 246 g/mol. The largest absolute Gasteiger partial charge is 0.397 e. The van der Waals surface area contributed by atoms with Gasteiger partial charge < -0.3 is 15.4 Å². The number of morpholine rings is 1. The first kappa shape index (κ1) is 11.3. The van der Waals surface area contributed by atoms with Crippen molar-refractivity contribution in [3.63, 3.8) is 0 Å². The number of rotatable bonds is 2. The van der Waals surface area contributed by atoms with E-state index in [1.165, 1.54) is 0 Å². The quantitative estimate of drug-likeness (QED) is 0.792. The minimum atomic E-state index is 0.404. The summed E-state index contributed by atoms with van der Waals surface area (Å²) in [6.45, 7) is 4.60. The van der Waals surface area contributed by atoms with Crippen molar-refractivity contribution in [2.24, 2.45) is 0 Å². The molecule has 2 heterocycles. The molecule has 1 aromatic heterocycles. The molecule has 0 spiro atoms. The SMILES string of the molecule is CCC1COCCN1c1cc2[nH]ncc2cc1N. The molecule has 1 saturated heterocycles. The lowest BCUT2D eigenvalue weighted by atomic mass is 10.1. The van der Waals surface area contributed by atoms with Crippen LogP contribution in [0.3, 0.4) is 0 Å². The van der Waals surface area contributed by atoms with E-state index < -0.39 is 0 Å². The van der Waals surface area contributed by atoms with Gasteiger partial charge in [-0.25, -0.2) is 0 Å². The van der Waals surface area contributed by atoms with Crippen LogP contribution in [0.25, 0.3) is 10.9 Å². The van der Waals surface area contributed by atoms with Crippen molar-refractivity contribution < 1.29 is 4.74 Å². The van der Waals surface area contributed by atoms with Crippen molar-refractivity contribution in [2.45, 2.75) is 19.4 Å². The zero-order valence-electron chi connectivity index (χ0n) is 10.5. The Bertz CT molecular complexity index is 551. The van der Waals surface area contributed by atoms with Gasteiger partial charge in [-0.1, -0.05) is 6.92 Å². The summed E-state index contributed by atoms with van der Waals surface area (Å²) in [5.41, 5.74) is 9.09. The Morgan fingerprint density at radius 2 is 2.44 bits per heavy atom. The summed E-state index contributed by atoms with van der Waals surface area (Å²) in [5.74, 6) is 0. The van der Waals surface area contributed by atoms with Crippen molar-refractivity contribution in [1.29, 1.82) is 0 Å². The predicted octanol–water partition coefficient (Wildman–Crippen LogP) is 1.76. The van der Waals surface area contributed by atoms with Gasteiger partial charge in [-0.05, 0) is 18.6 Å². The number of fused-ring (bicyclic) bond motifs is 1. The van der Waals surface area contributed by atoms with E-state index in [4.69, 9.17) is 10.5 Å². The Kier molecular flexibility index (Phi) is 2.83. The molecule has 1 aromatic carbocycles. The Morgan fingerprint density at radius 3 is 3.28 bits per heavy atom. The summed E-state index contributed by atoms with van der Waals surface area (Å²) in [6.07, 6.45) is 2.85. The molecule has 5 nitrogen and oxygen atoms in total. The van der Waals surface area contributed by atoms with Gasteiger partial charge in [0.1, 0.15) is 0 Å². The molecule has 1 atom stereocenters. The van der Waals surface area contributed by atoms with E-state index in [9.17, 15) is 0 Å². The van der Waals surface area contributed by atoms with E-state index in [1.54, 1.807) is 6.20 Å². The number of ether oxygens (including phenoxy) is 1. The predicted molar refractivity (Wildman–Crippen MR) is 72.8 cm³/mol. The lowest BCUT2D eigenvalue weighted by Crippen LogP contribution is -2.45. The van der Waals surface area contributed by atoms with Crippen LogP contribution in [0.2, 0.25) is 0 Å². The molecule has 18 heavy (non-hydrogen) atoms. The van der Waals surface area contributed by atoms with Crippen LogP contribution in [0.5, 0.6) is 0 Å². The zero-order chi connectivity index (χ0) is 12.5. The number of aromatic nitrogens is 2. The van der Waals surface area contributed by atoms with Crippen molar-refractivity contribution in [3.8, 4) is 0 Å². The number of nitrogens with zero attached hydrogens (tertiary/aromatic N) is 2. The average Bonchev–Trinajstić information content (AvgIpc) is 2.84. The summed E-state index contributed by atoms with van der Waals surface area (Å²) in [7, 11) is 0. The molecular weight excluding hydrogens is 228 g/mol. The van der Waals surface area contributed by atoms with Crippen LogP contribution in [0.1, 0.15) is 13.3 Å². The van der Waals surface area contributed by atoms with Crippen LogP contribution < -0.4 is 10.6 Å². The van der Waals surface area contributed by atoms with Crippen molar-refractivity contribution in [3.05, 3.63) is 18.3 Å². The molecule has 0 radical (unpaired) electrons.